The topological polar surface area (TPSA) is 50.9 Å². The number of rotatable bonds is 4. The van der Waals surface area contributed by atoms with E-state index in [-0.39, 0.29) is 6.61 Å². The lowest BCUT2D eigenvalue weighted by atomic mass is 10.1. The van der Waals surface area contributed by atoms with E-state index in [0.717, 1.165) is 10.9 Å². The van der Waals surface area contributed by atoms with Gasteiger partial charge < -0.3 is 9.67 Å². The number of hydrogen-bond donors (Lipinski definition) is 1. The molecule has 102 valence electrons. The summed E-state index contributed by atoms with van der Waals surface area (Å²) in [5.41, 5.74) is 1.28. The van der Waals surface area contributed by atoms with Crippen LogP contribution in [0.25, 0.3) is 10.8 Å². The molecule has 0 aliphatic heterocycles. The third-order valence-electron chi connectivity index (χ3n) is 3.30. The molecule has 0 saturated carbocycles. The van der Waals surface area contributed by atoms with Gasteiger partial charge in [-0.25, -0.2) is 0 Å². The van der Waals surface area contributed by atoms with Crippen LogP contribution in [0, 0.1) is 0 Å². The van der Waals surface area contributed by atoms with E-state index in [0.29, 0.717) is 5.82 Å². The smallest absolute Gasteiger partial charge is 0.191 e. The van der Waals surface area contributed by atoms with Gasteiger partial charge in [0.2, 0.25) is 0 Å². The van der Waals surface area contributed by atoms with Gasteiger partial charge in [0, 0.05) is 12.8 Å². The van der Waals surface area contributed by atoms with E-state index in [1.165, 1.54) is 16.3 Å². The highest BCUT2D eigenvalue weighted by Gasteiger charge is 2.09. The van der Waals surface area contributed by atoms with Crippen molar-refractivity contribution in [1.29, 1.82) is 0 Å². The number of nitrogens with zero attached hydrogens (tertiary/aromatic N) is 3. The maximum atomic E-state index is 9.13. The summed E-state index contributed by atoms with van der Waals surface area (Å²) in [6.07, 6.45) is 0. The number of aliphatic hydroxyl groups is 1. The first-order chi connectivity index (χ1) is 9.79. The van der Waals surface area contributed by atoms with Crippen LogP contribution in [0.4, 0.5) is 0 Å². The fourth-order valence-corrected chi connectivity index (χ4v) is 3.10. The van der Waals surface area contributed by atoms with Crippen molar-refractivity contribution in [3.63, 3.8) is 0 Å². The van der Waals surface area contributed by atoms with Gasteiger partial charge in [0.05, 0.1) is 0 Å². The van der Waals surface area contributed by atoms with Gasteiger partial charge in [-0.15, -0.1) is 10.2 Å². The van der Waals surface area contributed by atoms with Crippen molar-refractivity contribution >= 4 is 22.5 Å². The number of aromatic nitrogens is 3. The molecule has 0 amide bonds. The second-order valence-corrected chi connectivity index (χ2v) is 5.49. The monoisotopic (exact) mass is 285 g/mol. The third-order valence-corrected chi connectivity index (χ3v) is 4.37. The molecule has 20 heavy (non-hydrogen) atoms. The first-order valence-corrected chi connectivity index (χ1v) is 7.36. The maximum absolute atomic E-state index is 9.13. The Balaban J connectivity index is 1.85. The van der Waals surface area contributed by atoms with Crippen LogP contribution in [0.2, 0.25) is 0 Å². The third kappa shape index (κ3) is 2.42. The van der Waals surface area contributed by atoms with Gasteiger partial charge in [-0.3, -0.25) is 0 Å². The molecular weight excluding hydrogens is 270 g/mol. The highest BCUT2D eigenvalue weighted by molar-refractivity contribution is 7.98. The van der Waals surface area contributed by atoms with Crippen molar-refractivity contribution in [3.05, 3.63) is 53.9 Å². The summed E-state index contributed by atoms with van der Waals surface area (Å²) < 4.78 is 1.83. The van der Waals surface area contributed by atoms with E-state index < -0.39 is 0 Å². The summed E-state index contributed by atoms with van der Waals surface area (Å²) >= 11 is 1.63. The summed E-state index contributed by atoms with van der Waals surface area (Å²) in [5, 5.41) is 20.5. The lowest BCUT2D eigenvalue weighted by Crippen LogP contribution is -1.98. The average molecular weight is 285 g/mol. The van der Waals surface area contributed by atoms with Crippen LogP contribution in [0.15, 0.2) is 47.6 Å². The highest BCUT2D eigenvalue weighted by Crippen LogP contribution is 2.26. The fourth-order valence-electron chi connectivity index (χ4n) is 2.17. The van der Waals surface area contributed by atoms with Gasteiger partial charge in [0.15, 0.2) is 11.0 Å². The Hall–Kier alpha value is -1.85. The van der Waals surface area contributed by atoms with Crippen LogP contribution >= 0.6 is 11.8 Å². The zero-order valence-corrected chi connectivity index (χ0v) is 12.0. The number of fused-ring (bicyclic) bond motifs is 1. The second kappa shape index (κ2) is 5.64. The molecule has 0 fully saturated rings. The molecule has 0 aliphatic carbocycles. The lowest BCUT2D eigenvalue weighted by molar-refractivity contribution is 0.266. The lowest BCUT2D eigenvalue weighted by Gasteiger charge is -2.06. The Morgan fingerprint density at radius 2 is 1.90 bits per heavy atom. The van der Waals surface area contributed by atoms with Gasteiger partial charge in [0.1, 0.15) is 6.61 Å². The van der Waals surface area contributed by atoms with Crippen LogP contribution in [0.5, 0.6) is 0 Å². The summed E-state index contributed by atoms with van der Waals surface area (Å²) in [7, 11) is 1.87. The van der Waals surface area contributed by atoms with Crippen molar-refractivity contribution < 1.29 is 5.11 Å². The molecule has 1 aromatic heterocycles. The van der Waals surface area contributed by atoms with Crippen molar-refractivity contribution in [3.8, 4) is 0 Å². The minimum Gasteiger partial charge on any atom is -0.388 e. The minimum atomic E-state index is -0.0850. The van der Waals surface area contributed by atoms with Gasteiger partial charge in [-0.1, -0.05) is 54.2 Å². The Morgan fingerprint density at radius 3 is 2.70 bits per heavy atom. The number of hydrogen-bond acceptors (Lipinski definition) is 4. The fraction of sp³-hybridized carbons (Fsp3) is 0.200. The van der Waals surface area contributed by atoms with Crippen LogP contribution in [0.1, 0.15) is 11.4 Å². The van der Waals surface area contributed by atoms with Crippen LogP contribution in [0.3, 0.4) is 0 Å². The molecule has 0 spiro atoms. The molecule has 1 N–H and O–H groups in total. The van der Waals surface area contributed by atoms with E-state index in [9.17, 15) is 0 Å². The molecule has 3 aromatic rings. The van der Waals surface area contributed by atoms with Crippen molar-refractivity contribution in [2.75, 3.05) is 0 Å². The van der Waals surface area contributed by atoms with Crippen LogP contribution in [-0.2, 0) is 19.4 Å². The van der Waals surface area contributed by atoms with Gasteiger partial charge >= 0.3 is 0 Å². The summed E-state index contributed by atoms with van der Waals surface area (Å²) in [5.74, 6) is 1.42. The molecule has 0 radical (unpaired) electrons. The average Bonchev–Trinajstić information content (AvgIpc) is 2.85. The number of benzene rings is 2. The molecule has 3 rings (SSSR count). The first kappa shape index (κ1) is 13.1. The molecule has 5 heteroatoms. The van der Waals surface area contributed by atoms with Crippen molar-refractivity contribution in [1.82, 2.24) is 14.8 Å². The molecule has 0 bridgehead atoms. The van der Waals surface area contributed by atoms with E-state index in [1.807, 2.05) is 11.6 Å². The SMILES string of the molecule is Cn1c(CO)nnc1SCc1cccc2ccccc12. The Bertz CT molecular complexity index is 734. The maximum Gasteiger partial charge on any atom is 0.191 e. The molecule has 2 aromatic carbocycles. The van der Waals surface area contributed by atoms with Gasteiger partial charge in [-0.05, 0) is 16.3 Å². The summed E-state index contributed by atoms with van der Waals surface area (Å²) in [4.78, 5) is 0. The van der Waals surface area contributed by atoms with E-state index in [2.05, 4.69) is 52.7 Å². The standard InChI is InChI=1S/C15H15N3OS/c1-18-14(9-19)16-17-15(18)20-10-12-7-4-6-11-5-2-3-8-13(11)12/h2-8,19H,9-10H2,1H3. The highest BCUT2D eigenvalue weighted by atomic mass is 32.2. The van der Waals surface area contributed by atoms with Crippen molar-refractivity contribution in [2.24, 2.45) is 7.05 Å². The molecule has 4 nitrogen and oxygen atoms in total. The van der Waals surface area contributed by atoms with E-state index >= 15 is 0 Å². The first-order valence-electron chi connectivity index (χ1n) is 6.38. The van der Waals surface area contributed by atoms with Crippen LogP contribution < -0.4 is 0 Å². The predicted molar refractivity (Wildman–Crippen MR) is 80.4 cm³/mol. The summed E-state index contributed by atoms with van der Waals surface area (Å²) in [6.45, 7) is -0.0850. The Kier molecular flexibility index (Phi) is 3.71. The van der Waals surface area contributed by atoms with Crippen LogP contribution in [-0.4, -0.2) is 19.9 Å². The number of aliphatic hydroxyl groups excluding tert-OH is 1. The van der Waals surface area contributed by atoms with Gasteiger partial charge in [-0.2, -0.15) is 0 Å². The quantitative estimate of drug-likeness (QED) is 0.749. The zero-order valence-electron chi connectivity index (χ0n) is 11.2. The summed E-state index contributed by atoms with van der Waals surface area (Å²) in [6, 6.07) is 14.7. The van der Waals surface area contributed by atoms with E-state index in [1.54, 1.807) is 11.8 Å². The molecule has 0 unspecified atom stereocenters. The Labute approximate surface area is 121 Å². The molecular formula is C15H15N3OS. The van der Waals surface area contributed by atoms with Gasteiger partial charge in [0.25, 0.3) is 0 Å². The zero-order chi connectivity index (χ0) is 13.9. The minimum absolute atomic E-state index is 0.0850. The van der Waals surface area contributed by atoms with Crippen molar-refractivity contribution in [2.45, 2.75) is 17.5 Å². The molecule has 1 heterocycles. The largest absolute Gasteiger partial charge is 0.388 e. The molecule has 0 atom stereocenters. The van der Waals surface area contributed by atoms with E-state index in [4.69, 9.17) is 5.11 Å². The molecule has 0 aliphatic rings. The molecule has 0 saturated heterocycles. The second-order valence-electron chi connectivity index (χ2n) is 4.54. The normalized spacial score (nSPS) is 11.1. The number of thioether (sulfide) groups is 1. The Morgan fingerprint density at radius 1 is 1.10 bits per heavy atom. The predicted octanol–water partition coefficient (Wildman–Crippen LogP) is 2.75.